The van der Waals surface area contributed by atoms with E-state index in [2.05, 4.69) is 63.0 Å². The molecule has 0 aliphatic carbocycles. The zero-order valence-corrected chi connectivity index (χ0v) is 16.9. The van der Waals surface area contributed by atoms with E-state index in [4.69, 9.17) is 0 Å². The topological polar surface area (TPSA) is 33.2 Å². The Hall–Kier alpha value is -1.81. The quantitative estimate of drug-likeness (QED) is 0.704. The molecule has 2 aromatic rings. The van der Waals surface area contributed by atoms with E-state index in [1.165, 1.54) is 16.7 Å². The average Bonchev–Trinajstić information content (AvgIpc) is 2.95. The molecule has 1 aliphatic rings. The maximum atomic E-state index is 12.4. The minimum Gasteiger partial charge on any atom is -0.325 e. The molecule has 1 saturated heterocycles. The molecule has 3 nitrogen and oxygen atoms in total. The molecule has 138 valence electrons. The van der Waals surface area contributed by atoms with Gasteiger partial charge in [0.15, 0.2) is 0 Å². The van der Waals surface area contributed by atoms with Gasteiger partial charge in [0.1, 0.15) is 5.37 Å². The summed E-state index contributed by atoms with van der Waals surface area (Å²) in [4.78, 5) is 18.7. The van der Waals surface area contributed by atoms with Gasteiger partial charge in [-0.2, -0.15) is 0 Å². The predicted octanol–water partition coefficient (Wildman–Crippen LogP) is 5.18. The van der Waals surface area contributed by atoms with Crippen LogP contribution in [0.2, 0.25) is 0 Å². The number of nitrogens with zero attached hydrogens (tertiary/aromatic N) is 2. The van der Waals surface area contributed by atoms with Crippen molar-refractivity contribution in [2.45, 2.75) is 39.5 Å². The van der Waals surface area contributed by atoms with Gasteiger partial charge in [0, 0.05) is 24.5 Å². The summed E-state index contributed by atoms with van der Waals surface area (Å²) in [6.45, 7) is 9.59. The van der Waals surface area contributed by atoms with Crippen molar-refractivity contribution >= 4 is 17.7 Å². The lowest BCUT2D eigenvalue weighted by Crippen LogP contribution is -2.31. The molecule has 26 heavy (non-hydrogen) atoms. The fourth-order valence-corrected chi connectivity index (χ4v) is 4.68. The molecular formula is C22H28N2OS. The van der Waals surface area contributed by atoms with Crippen LogP contribution in [-0.2, 0) is 11.2 Å². The summed E-state index contributed by atoms with van der Waals surface area (Å²) >= 11 is 1.71. The van der Waals surface area contributed by atoms with Crippen LogP contribution in [0, 0.1) is 11.8 Å². The molecule has 0 N–H and O–H groups in total. The molecular weight excluding hydrogens is 340 g/mol. The fourth-order valence-electron chi connectivity index (χ4n) is 3.46. The number of carbonyl (C=O) groups excluding carboxylic acids is 1. The second-order valence-corrected chi connectivity index (χ2v) is 8.93. The third-order valence-electron chi connectivity index (χ3n) is 4.56. The van der Waals surface area contributed by atoms with E-state index < -0.39 is 0 Å². The van der Waals surface area contributed by atoms with Crippen molar-refractivity contribution in [3.63, 3.8) is 0 Å². The lowest BCUT2D eigenvalue weighted by molar-refractivity contribution is -0.128. The number of hydrogen-bond acceptors (Lipinski definition) is 3. The number of amides is 1. The van der Waals surface area contributed by atoms with Crippen LogP contribution in [0.1, 0.15) is 44.2 Å². The summed E-state index contributed by atoms with van der Waals surface area (Å²) in [7, 11) is 0. The summed E-state index contributed by atoms with van der Waals surface area (Å²) in [6.07, 6.45) is 4.87. The smallest absolute Gasteiger partial charge is 0.233 e. The highest BCUT2D eigenvalue weighted by atomic mass is 32.2. The molecule has 1 atom stereocenters. The molecule has 0 bridgehead atoms. The third kappa shape index (κ3) is 4.29. The minimum atomic E-state index is 0.0592. The van der Waals surface area contributed by atoms with Crippen molar-refractivity contribution in [2.75, 3.05) is 12.3 Å². The van der Waals surface area contributed by atoms with Crippen molar-refractivity contribution in [2.24, 2.45) is 11.8 Å². The normalized spacial score (nSPS) is 17.5. The molecule has 1 amide bonds. The van der Waals surface area contributed by atoms with E-state index in [9.17, 15) is 4.79 Å². The van der Waals surface area contributed by atoms with E-state index >= 15 is 0 Å². The van der Waals surface area contributed by atoms with Crippen LogP contribution in [0.15, 0.2) is 42.7 Å². The predicted molar refractivity (Wildman–Crippen MR) is 110 cm³/mol. The number of thioether (sulfide) groups is 1. The van der Waals surface area contributed by atoms with Gasteiger partial charge in [-0.15, -0.1) is 11.8 Å². The number of pyridine rings is 1. The summed E-state index contributed by atoms with van der Waals surface area (Å²) in [5.41, 5.74) is 4.88. The first-order valence-electron chi connectivity index (χ1n) is 9.40. The summed E-state index contributed by atoms with van der Waals surface area (Å²) in [5, 5.41) is 0.0592. The van der Waals surface area contributed by atoms with E-state index in [0.717, 1.165) is 18.5 Å². The van der Waals surface area contributed by atoms with Crippen molar-refractivity contribution in [1.29, 1.82) is 0 Å². The maximum Gasteiger partial charge on any atom is 0.233 e. The Balaban J connectivity index is 1.92. The van der Waals surface area contributed by atoms with Crippen LogP contribution in [0.3, 0.4) is 0 Å². The second kappa shape index (κ2) is 8.26. The van der Waals surface area contributed by atoms with Gasteiger partial charge in [0.05, 0.1) is 5.75 Å². The third-order valence-corrected chi connectivity index (χ3v) is 5.79. The first kappa shape index (κ1) is 19.0. The molecule has 1 unspecified atom stereocenters. The van der Waals surface area contributed by atoms with E-state index in [1.807, 2.05) is 17.3 Å². The Morgan fingerprint density at radius 2 is 1.85 bits per heavy atom. The van der Waals surface area contributed by atoms with E-state index in [0.29, 0.717) is 17.6 Å². The van der Waals surface area contributed by atoms with Crippen LogP contribution in [0.5, 0.6) is 0 Å². The highest BCUT2D eigenvalue weighted by Crippen LogP contribution is 2.42. The van der Waals surface area contributed by atoms with Crippen molar-refractivity contribution in [3.8, 4) is 11.1 Å². The SMILES string of the molecule is CC(C)Cc1ccc(-c2ccncc2C2SCC(=O)N2CC(C)C)cc1. The average molecular weight is 369 g/mol. The number of carbonyl (C=O) groups is 1. The number of benzene rings is 1. The Morgan fingerprint density at radius 3 is 2.50 bits per heavy atom. The molecule has 1 aliphatic heterocycles. The Bertz CT molecular complexity index is 755. The van der Waals surface area contributed by atoms with E-state index in [-0.39, 0.29) is 11.3 Å². The van der Waals surface area contributed by atoms with Gasteiger partial charge in [-0.1, -0.05) is 52.0 Å². The molecule has 3 rings (SSSR count). The molecule has 0 radical (unpaired) electrons. The van der Waals surface area contributed by atoms with Crippen molar-refractivity contribution < 1.29 is 4.79 Å². The van der Waals surface area contributed by atoms with Crippen LogP contribution < -0.4 is 0 Å². The van der Waals surface area contributed by atoms with Gasteiger partial charge >= 0.3 is 0 Å². The lowest BCUT2D eigenvalue weighted by atomic mass is 9.97. The highest BCUT2D eigenvalue weighted by molar-refractivity contribution is 8.00. The van der Waals surface area contributed by atoms with E-state index in [1.54, 1.807) is 11.8 Å². The maximum absolute atomic E-state index is 12.4. The number of hydrogen-bond donors (Lipinski definition) is 0. The first-order chi connectivity index (χ1) is 12.5. The zero-order chi connectivity index (χ0) is 18.7. The monoisotopic (exact) mass is 368 g/mol. The van der Waals surface area contributed by atoms with Gasteiger partial charge in [-0.3, -0.25) is 9.78 Å². The van der Waals surface area contributed by atoms with Crippen LogP contribution >= 0.6 is 11.8 Å². The Morgan fingerprint density at radius 1 is 1.12 bits per heavy atom. The summed E-state index contributed by atoms with van der Waals surface area (Å²) in [5.74, 6) is 1.90. The lowest BCUT2D eigenvalue weighted by Gasteiger charge is -2.27. The van der Waals surface area contributed by atoms with Gasteiger partial charge in [-0.25, -0.2) is 0 Å². The van der Waals surface area contributed by atoms with Gasteiger partial charge < -0.3 is 4.90 Å². The Kier molecular flexibility index (Phi) is 6.02. The summed E-state index contributed by atoms with van der Waals surface area (Å²) in [6, 6.07) is 10.9. The zero-order valence-electron chi connectivity index (χ0n) is 16.1. The van der Waals surface area contributed by atoms with Crippen LogP contribution in [-0.4, -0.2) is 28.1 Å². The minimum absolute atomic E-state index is 0.0592. The second-order valence-electron chi connectivity index (χ2n) is 7.86. The van der Waals surface area contributed by atoms with Crippen molar-refractivity contribution in [3.05, 3.63) is 53.9 Å². The Labute approximate surface area is 161 Å². The van der Waals surface area contributed by atoms with Gasteiger partial charge in [0.2, 0.25) is 5.91 Å². The molecule has 2 heterocycles. The van der Waals surface area contributed by atoms with Crippen LogP contribution in [0.25, 0.3) is 11.1 Å². The summed E-state index contributed by atoms with van der Waals surface area (Å²) < 4.78 is 0. The van der Waals surface area contributed by atoms with Crippen molar-refractivity contribution in [1.82, 2.24) is 9.88 Å². The molecule has 0 spiro atoms. The van der Waals surface area contributed by atoms with Gasteiger partial charge in [-0.05, 0) is 41.0 Å². The first-order valence-corrected chi connectivity index (χ1v) is 10.4. The fraction of sp³-hybridized carbons (Fsp3) is 0.455. The number of rotatable bonds is 6. The largest absolute Gasteiger partial charge is 0.325 e. The molecule has 0 saturated carbocycles. The molecule has 1 aromatic carbocycles. The highest BCUT2D eigenvalue weighted by Gasteiger charge is 2.34. The molecule has 1 fully saturated rings. The molecule has 1 aromatic heterocycles. The number of aromatic nitrogens is 1. The standard InChI is InChI=1S/C22H28N2OS/c1-15(2)11-17-5-7-18(8-6-17)19-9-10-23-12-20(19)22-24(13-16(3)4)21(25)14-26-22/h5-10,12,15-16,22H,11,13-14H2,1-4H3. The molecule has 4 heteroatoms. The van der Waals surface area contributed by atoms with Crippen LogP contribution in [0.4, 0.5) is 0 Å². The van der Waals surface area contributed by atoms with Gasteiger partial charge in [0.25, 0.3) is 0 Å².